The van der Waals surface area contributed by atoms with Gasteiger partial charge in [0.25, 0.3) is 16.8 Å². The van der Waals surface area contributed by atoms with Crippen LogP contribution in [0.25, 0.3) is 6.08 Å². The van der Waals surface area contributed by atoms with Crippen LogP contribution in [0.4, 0.5) is 10.5 Å². The summed E-state index contributed by atoms with van der Waals surface area (Å²) in [6, 6.07) is 9.10. The molecule has 3 rings (SSSR count). The van der Waals surface area contributed by atoms with E-state index in [1.54, 1.807) is 12.1 Å². The van der Waals surface area contributed by atoms with Crippen molar-refractivity contribution in [3.8, 4) is 0 Å². The molecule has 2 heterocycles. The molecular weight excluding hydrogens is 320 g/mol. The summed E-state index contributed by atoms with van der Waals surface area (Å²) < 4.78 is 5.13. The number of thioether (sulfide) groups is 1. The second kappa shape index (κ2) is 6.09. The molecule has 1 aromatic carbocycles. The van der Waals surface area contributed by atoms with Crippen LogP contribution < -0.4 is 0 Å². The molecule has 1 aromatic heterocycles. The number of imide groups is 1. The van der Waals surface area contributed by atoms with Crippen LogP contribution in [-0.2, 0) is 11.3 Å². The molecule has 0 N–H and O–H groups in total. The summed E-state index contributed by atoms with van der Waals surface area (Å²) in [5.41, 5.74) is 0.595. The van der Waals surface area contributed by atoms with Crippen molar-refractivity contribution >= 4 is 34.7 Å². The molecule has 1 aliphatic rings. The molecule has 2 amide bonds. The third kappa shape index (κ3) is 3.16. The lowest BCUT2D eigenvalue weighted by Gasteiger charge is -2.12. The minimum atomic E-state index is -0.504. The zero-order valence-electron chi connectivity index (χ0n) is 11.7. The van der Waals surface area contributed by atoms with E-state index in [1.165, 1.54) is 36.6 Å². The van der Waals surface area contributed by atoms with Gasteiger partial charge in [-0.3, -0.25) is 24.6 Å². The first-order valence-electron chi connectivity index (χ1n) is 6.57. The van der Waals surface area contributed by atoms with Crippen LogP contribution in [0.15, 0.2) is 52.0 Å². The number of non-ortho nitro benzene ring substituents is 1. The van der Waals surface area contributed by atoms with Crippen molar-refractivity contribution in [3.63, 3.8) is 0 Å². The molecule has 0 spiro atoms. The predicted octanol–water partition coefficient (Wildman–Crippen LogP) is 3.42. The Morgan fingerprint density at radius 2 is 1.96 bits per heavy atom. The van der Waals surface area contributed by atoms with Crippen LogP contribution in [0.3, 0.4) is 0 Å². The Morgan fingerprint density at radius 1 is 1.22 bits per heavy atom. The first kappa shape index (κ1) is 15.0. The minimum Gasteiger partial charge on any atom is -0.465 e. The van der Waals surface area contributed by atoms with Gasteiger partial charge in [0.2, 0.25) is 0 Å². The third-order valence-corrected chi connectivity index (χ3v) is 4.09. The van der Waals surface area contributed by atoms with Crippen molar-refractivity contribution in [3.05, 3.63) is 69.0 Å². The lowest BCUT2D eigenvalue weighted by molar-refractivity contribution is -0.384. The Balaban J connectivity index is 1.77. The van der Waals surface area contributed by atoms with Gasteiger partial charge in [-0.25, -0.2) is 0 Å². The maximum atomic E-state index is 12.3. The Morgan fingerprint density at radius 3 is 2.57 bits per heavy atom. The van der Waals surface area contributed by atoms with E-state index in [-0.39, 0.29) is 22.4 Å². The van der Waals surface area contributed by atoms with Crippen LogP contribution in [0.5, 0.6) is 0 Å². The molecule has 0 unspecified atom stereocenters. The molecule has 0 aliphatic carbocycles. The van der Waals surface area contributed by atoms with Crippen molar-refractivity contribution in [2.75, 3.05) is 0 Å². The summed E-state index contributed by atoms with van der Waals surface area (Å²) in [4.78, 5) is 35.8. The molecule has 7 nitrogen and oxygen atoms in total. The highest BCUT2D eigenvalue weighted by atomic mass is 32.2. The number of amides is 2. The van der Waals surface area contributed by atoms with E-state index in [2.05, 4.69) is 0 Å². The van der Waals surface area contributed by atoms with Gasteiger partial charge in [0, 0.05) is 18.2 Å². The average molecular weight is 330 g/mol. The van der Waals surface area contributed by atoms with Gasteiger partial charge >= 0.3 is 0 Å². The maximum absolute atomic E-state index is 12.3. The van der Waals surface area contributed by atoms with Gasteiger partial charge in [0.1, 0.15) is 5.76 Å². The van der Waals surface area contributed by atoms with Crippen LogP contribution in [0.2, 0.25) is 0 Å². The number of hydrogen-bond acceptors (Lipinski definition) is 6. The molecule has 2 aromatic rings. The van der Waals surface area contributed by atoms with Crippen molar-refractivity contribution in [2.24, 2.45) is 0 Å². The summed E-state index contributed by atoms with van der Waals surface area (Å²) >= 11 is 0.838. The van der Waals surface area contributed by atoms with Gasteiger partial charge in [0.15, 0.2) is 0 Å². The maximum Gasteiger partial charge on any atom is 0.293 e. The molecule has 8 heteroatoms. The Labute approximate surface area is 134 Å². The van der Waals surface area contributed by atoms with Crippen LogP contribution in [-0.4, -0.2) is 21.0 Å². The van der Waals surface area contributed by atoms with Gasteiger partial charge in [-0.05, 0) is 29.5 Å². The number of nitro groups is 1. The number of hydrogen-bond donors (Lipinski definition) is 0. The fraction of sp³-hybridized carbons (Fsp3) is 0.0667. The number of carbonyl (C=O) groups excluding carboxylic acids is 2. The molecule has 0 bridgehead atoms. The van der Waals surface area contributed by atoms with Gasteiger partial charge in [-0.2, -0.15) is 0 Å². The quantitative estimate of drug-likeness (QED) is 0.484. The largest absolute Gasteiger partial charge is 0.465 e. The summed E-state index contributed by atoms with van der Waals surface area (Å²) in [5.74, 6) is 0.0839. The standard InChI is InChI=1S/C15H10N2O5S/c18-14-13(8-12-2-1-7-22-12)23-15(19)16(14)9-10-3-5-11(6-4-10)17(20)21/h1-8H,9H2/b13-8+. The van der Waals surface area contributed by atoms with Crippen molar-refractivity contribution in [1.29, 1.82) is 0 Å². The van der Waals surface area contributed by atoms with E-state index < -0.39 is 10.8 Å². The van der Waals surface area contributed by atoms with Crippen molar-refractivity contribution in [1.82, 2.24) is 4.90 Å². The summed E-state index contributed by atoms with van der Waals surface area (Å²) in [6.07, 6.45) is 2.99. The predicted molar refractivity (Wildman–Crippen MR) is 83.3 cm³/mol. The van der Waals surface area contributed by atoms with Crippen LogP contribution in [0.1, 0.15) is 11.3 Å². The van der Waals surface area contributed by atoms with E-state index in [0.29, 0.717) is 11.3 Å². The number of rotatable bonds is 4. The molecule has 116 valence electrons. The lowest BCUT2D eigenvalue weighted by Crippen LogP contribution is -2.27. The first-order valence-corrected chi connectivity index (χ1v) is 7.38. The zero-order valence-corrected chi connectivity index (χ0v) is 12.5. The molecule has 1 fully saturated rings. The number of carbonyl (C=O) groups is 2. The third-order valence-electron chi connectivity index (χ3n) is 3.18. The van der Waals surface area contributed by atoms with E-state index in [9.17, 15) is 19.7 Å². The molecule has 1 aliphatic heterocycles. The normalized spacial score (nSPS) is 16.3. The lowest BCUT2D eigenvalue weighted by atomic mass is 10.2. The number of nitro benzene ring substituents is 1. The zero-order chi connectivity index (χ0) is 16.4. The smallest absolute Gasteiger partial charge is 0.293 e. The highest BCUT2D eigenvalue weighted by Crippen LogP contribution is 2.33. The van der Waals surface area contributed by atoms with Gasteiger partial charge < -0.3 is 4.42 Å². The van der Waals surface area contributed by atoms with E-state index >= 15 is 0 Å². The van der Waals surface area contributed by atoms with Gasteiger partial charge in [-0.1, -0.05) is 12.1 Å². The average Bonchev–Trinajstić information content (AvgIpc) is 3.12. The summed E-state index contributed by atoms with van der Waals surface area (Å²) in [7, 11) is 0. The van der Waals surface area contributed by atoms with Crippen LogP contribution >= 0.6 is 11.8 Å². The highest BCUT2D eigenvalue weighted by Gasteiger charge is 2.35. The number of benzene rings is 1. The molecule has 0 atom stereocenters. The monoisotopic (exact) mass is 330 g/mol. The Bertz CT molecular complexity index is 796. The summed E-state index contributed by atoms with van der Waals surface area (Å²) in [6.45, 7) is 0.0676. The fourth-order valence-corrected chi connectivity index (χ4v) is 2.86. The van der Waals surface area contributed by atoms with Gasteiger partial charge in [0.05, 0.1) is 22.6 Å². The molecule has 1 saturated heterocycles. The molecule has 23 heavy (non-hydrogen) atoms. The second-order valence-corrected chi connectivity index (χ2v) is 5.70. The van der Waals surface area contributed by atoms with Crippen LogP contribution in [0, 0.1) is 10.1 Å². The fourth-order valence-electron chi connectivity index (χ4n) is 2.04. The Hall–Kier alpha value is -2.87. The number of furan rings is 1. The van der Waals surface area contributed by atoms with Gasteiger partial charge in [-0.15, -0.1) is 0 Å². The first-order chi connectivity index (χ1) is 11.0. The van der Waals surface area contributed by atoms with E-state index in [4.69, 9.17) is 4.42 Å². The molecule has 0 saturated carbocycles. The molecule has 0 radical (unpaired) electrons. The topological polar surface area (TPSA) is 93.7 Å². The second-order valence-electron chi connectivity index (χ2n) is 4.71. The van der Waals surface area contributed by atoms with E-state index in [1.807, 2.05) is 0 Å². The number of nitrogens with zero attached hydrogens (tertiary/aromatic N) is 2. The van der Waals surface area contributed by atoms with Crippen molar-refractivity contribution in [2.45, 2.75) is 6.54 Å². The van der Waals surface area contributed by atoms with E-state index in [0.717, 1.165) is 16.7 Å². The SMILES string of the molecule is O=C1S/C(=C/c2ccco2)C(=O)N1Cc1ccc([N+](=O)[O-])cc1. The van der Waals surface area contributed by atoms with Crippen molar-refractivity contribution < 1.29 is 18.9 Å². The highest BCUT2D eigenvalue weighted by molar-refractivity contribution is 8.18. The summed E-state index contributed by atoms with van der Waals surface area (Å²) in [5, 5.41) is 10.2. The Kier molecular flexibility index (Phi) is 3.98. The minimum absolute atomic E-state index is 0.0411. The molecular formula is C15H10N2O5S.